The van der Waals surface area contributed by atoms with Crippen molar-refractivity contribution in [2.75, 3.05) is 40.9 Å². The zero-order valence-electron chi connectivity index (χ0n) is 50.4. The summed E-state index contributed by atoms with van der Waals surface area (Å²) in [6.07, 6.45) is 71.6. The van der Waals surface area contributed by atoms with Crippen molar-refractivity contribution in [3.63, 3.8) is 0 Å². The Labute approximate surface area is 470 Å². The predicted molar refractivity (Wildman–Crippen MR) is 325 cm³/mol. The van der Waals surface area contributed by atoms with Gasteiger partial charge < -0.3 is 28.5 Å². The maximum Gasteiger partial charge on any atom is 0.306 e. The number of likely N-dealkylation sites (N-methyl/N-ethyl adjacent to an activating group) is 1. The van der Waals surface area contributed by atoms with Crippen molar-refractivity contribution in [2.24, 2.45) is 0 Å². The topological polar surface area (TPSA) is 114 Å². The third-order valence-electron chi connectivity index (χ3n) is 13.9. The highest BCUT2D eigenvalue weighted by Gasteiger charge is 2.27. The molecule has 0 aliphatic heterocycles. The molecule has 0 heterocycles. The lowest BCUT2D eigenvalue weighted by molar-refractivity contribution is -0.870. The van der Waals surface area contributed by atoms with E-state index in [1.807, 2.05) is 33.3 Å². The number of phosphoric acid groups is 1. The van der Waals surface area contributed by atoms with Crippen LogP contribution in [0.15, 0.2) is 72.9 Å². The number of nitrogens with one attached hydrogen (secondary N) is 1. The number of esters is 1. The average Bonchev–Trinajstić information content (AvgIpc) is 3.38. The molecule has 1 amide bonds. The van der Waals surface area contributed by atoms with Crippen molar-refractivity contribution in [1.29, 1.82) is 0 Å². The second kappa shape index (κ2) is 55.8. The van der Waals surface area contributed by atoms with Crippen LogP contribution in [0.1, 0.15) is 284 Å². The smallest absolute Gasteiger partial charge is 0.306 e. The Bertz CT molecular complexity index is 1530. The summed E-state index contributed by atoms with van der Waals surface area (Å²) in [5.41, 5.74) is 0. The molecule has 0 radical (unpaired) electrons. The molecule has 10 heteroatoms. The Morgan fingerprint density at radius 1 is 0.474 bits per heavy atom. The second-order valence-electron chi connectivity index (χ2n) is 22.5. The molecule has 3 atom stereocenters. The molecule has 9 nitrogen and oxygen atoms in total. The maximum atomic E-state index is 13.5. The lowest BCUT2D eigenvalue weighted by Gasteiger charge is -2.30. The molecule has 0 aromatic heterocycles. The van der Waals surface area contributed by atoms with Crippen LogP contribution in [0.25, 0.3) is 0 Å². The summed E-state index contributed by atoms with van der Waals surface area (Å²) >= 11 is 0. The van der Waals surface area contributed by atoms with Crippen LogP contribution in [0.5, 0.6) is 0 Å². The Balaban J connectivity index is 5.08. The lowest BCUT2D eigenvalue weighted by atomic mass is 10.0. The molecule has 0 aromatic carbocycles. The predicted octanol–water partition coefficient (Wildman–Crippen LogP) is 19.0. The summed E-state index contributed by atoms with van der Waals surface area (Å²) in [7, 11) is 1.18. The van der Waals surface area contributed by atoms with Crippen LogP contribution in [0.2, 0.25) is 0 Å². The molecule has 0 saturated carbocycles. The molecule has 0 aliphatic carbocycles. The Hall–Kier alpha value is -2.55. The fraction of sp³-hybridized carbons (Fsp3) is 0.788. The van der Waals surface area contributed by atoms with Gasteiger partial charge in [0, 0.05) is 12.8 Å². The fourth-order valence-electron chi connectivity index (χ4n) is 8.98. The van der Waals surface area contributed by atoms with E-state index in [1.54, 1.807) is 0 Å². The van der Waals surface area contributed by atoms with Gasteiger partial charge in [0.2, 0.25) is 5.91 Å². The Morgan fingerprint density at radius 2 is 0.842 bits per heavy atom. The first-order valence-corrected chi connectivity index (χ1v) is 33.2. The summed E-state index contributed by atoms with van der Waals surface area (Å²) in [4.78, 5) is 40.0. The van der Waals surface area contributed by atoms with Crippen LogP contribution in [-0.4, -0.2) is 69.4 Å². The van der Waals surface area contributed by atoms with Crippen LogP contribution in [0.3, 0.4) is 0 Å². The minimum Gasteiger partial charge on any atom is -0.756 e. The van der Waals surface area contributed by atoms with E-state index in [2.05, 4.69) is 86.8 Å². The molecule has 0 spiro atoms. The van der Waals surface area contributed by atoms with Crippen LogP contribution >= 0.6 is 7.82 Å². The number of ether oxygens (including phenoxy) is 1. The summed E-state index contributed by atoms with van der Waals surface area (Å²) in [6.45, 7) is 6.71. The largest absolute Gasteiger partial charge is 0.756 e. The van der Waals surface area contributed by atoms with Gasteiger partial charge in [0.05, 0.1) is 33.8 Å². The van der Waals surface area contributed by atoms with E-state index < -0.39 is 26.6 Å². The van der Waals surface area contributed by atoms with Gasteiger partial charge in [-0.15, -0.1) is 0 Å². The number of hydrogen-bond donors (Lipinski definition) is 1. The number of phosphoric ester groups is 1. The summed E-state index contributed by atoms with van der Waals surface area (Å²) in [5, 5.41) is 3.03. The molecule has 442 valence electrons. The Kier molecular flexibility index (Phi) is 53.9. The molecule has 76 heavy (non-hydrogen) atoms. The highest BCUT2D eigenvalue weighted by Crippen LogP contribution is 2.38. The van der Waals surface area contributed by atoms with Gasteiger partial charge in [-0.05, 0) is 96.0 Å². The second-order valence-corrected chi connectivity index (χ2v) is 23.9. The molecule has 1 N–H and O–H groups in total. The summed E-state index contributed by atoms with van der Waals surface area (Å²) < 4.78 is 30.3. The summed E-state index contributed by atoms with van der Waals surface area (Å²) in [6, 6.07) is -0.894. The van der Waals surface area contributed by atoms with Gasteiger partial charge in [0.15, 0.2) is 0 Å². The van der Waals surface area contributed by atoms with E-state index in [0.29, 0.717) is 17.4 Å². The molecule has 0 bridgehead atoms. The number of allylic oxidation sites excluding steroid dienone is 11. The number of carbonyl (C=O) groups is 2. The number of rotatable bonds is 57. The van der Waals surface area contributed by atoms with Crippen molar-refractivity contribution in [3.05, 3.63) is 72.9 Å². The minimum atomic E-state index is -4.70. The zero-order valence-corrected chi connectivity index (χ0v) is 51.3. The van der Waals surface area contributed by atoms with E-state index in [4.69, 9.17) is 13.8 Å². The van der Waals surface area contributed by atoms with Crippen LogP contribution in [0.4, 0.5) is 0 Å². The highest BCUT2D eigenvalue weighted by molar-refractivity contribution is 7.45. The number of nitrogens with zero attached hydrogens (tertiary/aromatic N) is 1. The number of quaternary nitrogens is 1. The highest BCUT2D eigenvalue weighted by atomic mass is 31.2. The van der Waals surface area contributed by atoms with Crippen LogP contribution in [0, 0.1) is 0 Å². The van der Waals surface area contributed by atoms with Gasteiger partial charge in [-0.2, -0.15) is 0 Å². The van der Waals surface area contributed by atoms with Crippen LogP contribution < -0.4 is 10.2 Å². The number of unbranched alkanes of at least 4 members (excludes halogenated alkanes) is 31. The third-order valence-corrected chi connectivity index (χ3v) is 14.8. The van der Waals surface area contributed by atoms with Crippen molar-refractivity contribution in [3.8, 4) is 0 Å². The van der Waals surface area contributed by atoms with E-state index in [9.17, 15) is 19.0 Å². The molecular weight excluding hydrogens is 964 g/mol. The quantitative estimate of drug-likeness (QED) is 0.0212. The average molecular weight is 1090 g/mol. The SMILES string of the molecule is CC/C=C/C/C=C/CCCCCCCCCC(=O)OC(/C=C\CCCCCCCCCCC)C(COP(=O)([O-])OCC[N+](C)(C)C)NC(=O)CCCCCCCCCCCCCC/C=C\C/C=C\C/C=C\CCCCC. The first kappa shape index (κ1) is 73.5. The number of hydrogen-bond acceptors (Lipinski definition) is 7. The Morgan fingerprint density at radius 3 is 1.29 bits per heavy atom. The first-order valence-electron chi connectivity index (χ1n) is 31.7. The normalized spacial score (nSPS) is 14.1. The van der Waals surface area contributed by atoms with Gasteiger partial charge in [0.1, 0.15) is 19.3 Å². The number of carbonyl (C=O) groups excluding carboxylic acids is 2. The molecule has 0 fully saturated rings. The van der Waals surface area contributed by atoms with E-state index in [0.717, 1.165) is 96.3 Å². The van der Waals surface area contributed by atoms with Gasteiger partial charge >= 0.3 is 5.97 Å². The van der Waals surface area contributed by atoms with Gasteiger partial charge in [0.25, 0.3) is 7.82 Å². The van der Waals surface area contributed by atoms with Crippen molar-refractivity contribution >= 4 is 19.7 Å². The van der Waals surface area contributed by atoms with Crippen molar-refractivity contribution in [1.82, 2.24) is 5.32 Å². The van der Waals surface area contributed by atoms with Gasteiger partial charge in [-0.25, -0.2) is 0 Å². The molecule has 0 rings (SSSR count). The van der Waals surface area contributed by atoms with Gasteiger partial charge in [-0.1, -0.05) is 248 Å². The lowest BCUT2D eigenvalue weighted by Crippen LogP contribution is -2.47. The minimum absolute atomic E-state index is 0.0257. The fourth-order valence-corrected chi connectivity index (χ4v) is 9.70. The third kappa shape index (κ3) is 56.2. The van der Waals surface area contributed by atoms with Crippen molar-refractivity contribution < 1.29 is 37.3 Å². The van der Waals surface area contributed by atoms with E-state index in [-0.39, 0.29) is 24.9 Å². The molecule has 0 aromatic rings. The zero-order chi connectivity index (χ0) is 55.7. The molecule has 0 saturated heterocycles. The molecule has 3 unspecified atom stereocenters. The van der Waals surface area contributed by atoms with E-state index >= 15 is 0 Å². The van der Waals surface area contributed by atoms with Crippen LogP contribution in [-0.2, 0) is 27.9 Å². The monoisotopic (exact) mass is 1080 g/mol. The van der Waals surface area contributed by atoms with Crippen molar-refractivity contribution in [2.45, 2.75) is 296 Å². The number of amides is 1. The summed E-state index contributed by atoms with van der Waals surface area (Å²) in [5.74, 6) is -0.550. The molecule has 0 aliphatic rings. The first-order chi connectivity index (χ1) is 36.9. The molecular formula is C66H121N2O7P. The van der Waals surface area contributed by atoms with Gasteiger partial charge in [-0.3, -0.25) is 14.2 Å². The standard InChI is InChI=1S/C66H121N2O7P/c1-7-10-13-16-19-22-25-27-29-30-31-32-33-34-35-36-37-38-39-40-43-46-49-52-55-58-65(69)67-63(62-74-76(71,72)73-61-60-68(4,5)6)64(57-54-51-48-45-42-24-21-18-15-12-9-3)75-66(70)59-56-53-50-47-44-41-28-26-23-20-17-14-11-8-2/h11,14,19-20,22-23,27,29,31-32,54,57,63-64H,7-10,12-13,15-18,21,24-26,28,30,33-53,55-56,58-62H2,1-6H3,(H-,67,69,71,72)/b14-11+,22-19-,23-20+,29-27-,32-31-,57-54-. The van der Waals surface area contributed by atoms with E-state index in [1.165, 1.54) is 154 Å². The maximum absolute atomic E-state index is 13.5.